The van der Waals surface area contributed by atoms with Crippen LogP contribution in [0.3, 0.4) is 0 Å². The highest BCUT2D eigenvalue weighted by Gasteiger charge is 2.45. The smallest absolute Gasteiger partial charge is 0.319 e. The summed E-state index contributed by atoms with van der Waals surface area (Å²) in [5.74, 6) is -1.95. The second-order valence-corrected chi connectivity index (χ2v) is 15.8. The number of nitrogens with one attached hydrogen (secondary N) is 3. The Balaban J connectivity index is 1.76. The Morgan fingerprint density at radius 2 is 1.70 bits per heavy atom. The Hall–Kier alpha value is -3.75. The SMILES string of the molecule is CC[C@H](C)[C@@H]([C@@H](CC(=O)N1CCC[C@H]1[C@H](OC)[C@@H](C)C(=O)N[C@H](CO)Cc1ccccc1)OC)N(C)C(=O)[C@@H](NC(=O)N1CCNC(=O)C1(C)C)C(C)C. The Morgan fingerprint density at radius 3 is 2.28 bits per heavy atom. The number of rotatable bonds is 18. The lowest BCUT2D eigenvalue weighted by molar-refractivity contribution is -0.147. The molecule has 0 aliphatic carbocycles. The molecule has 0 unspecified atom stereocenters. The van der Waals surface area contributed by atoms with E-state index in [9.17, 15) is 29.1 Å². The van der Waals surface area contributed by atoms with Crippen molar-refractivity contribution in [1.29, 1.82) is 0 Å². The van der Waals surface area contributed by atoms with Gasteiger partial charge in [-0.15, -0.1) is 0 Å². The fourth-order valence-corrected chi connectivity index (χ4v) is 7.90. The lowest BCUT2D eigenvalue weighted by Crippen LogP contribution is -2.67. The molecule has 2 saturated heterocycles. The lowest BCUT2D eigenvalue weighted by atomic mass is 9.89. The van der Waals surface area contributed by atoms with Gasteiger partial charge in [0.25, 0.3) is 0 Å². The molecule has 2 heterocycles. The minimum absolute atomic E-state index is 0.00389. The summed E-state index contributed by atoms with van der Waals surface area (Å²) in [6.07, 6.45) is 1.33. The van der Waals surface area contributed by atoms with E-state index in [2.05, 4.69) is 16.0 Å². The van der Waals surface area contributed by atoms with E-state index in [4.69, 9.17) is 9.47 Å². The minimum Gasteiger partial charge on any atom is -0.394 e. The summed E-state index contributed by atoms with van der Waals surface area (Å²) in [5, 5.41) is 18.7. The van der Waals surface area contributed by atoms with Crippen molar-refractivity contribution in [2.75, 3.05) is 47.5 Å². The van der Waals surface area contributed by atoms with Gasteiger partial charge in [0.15, 0.2) is 0 Å². The summed E-state index contributed by atoms with van der Waals surface area (Å²) in [6.45, 7) is 13.8. The first-order chi connectivity index (χ1) is 25.5. The number of aliphatic hydroxyl groups excluding tert-OH is 1. The molecule has 8 atom stereocenters. The summed E-state index contributed by atoms with van der Waals surface area (Å²) in [6, 6.07) is 6.93. The minimum atomic E-state index is -1.08. The van der Waals surface area contributed by atoms with Crippen molar-refractivity contribution in [3.63, 3.8) is 0 Å². The number of aliphatic hydroxyl groups is 1. The Bertz CT molecular complexity index is 1410. The molecule has 2 fully saturated rings. The van der Waals surface area contributed by atoms with Gasteiger partial charge in [0, 0.05) is 40.9 Å². The van der Waals surface area contributed by atoms with Crippen LogP contribution in [0.1, 0.15) is 79.7 Å². The first-order valence-corrected chi connectivity index (χ1v) is 19.5. The highest BCUT2D eigenvalue weighted by atomic mass is 16.5. The molecular formula is C40H66N6O8. The number of urea groups is 1. The van der Waals surface area contributed by atoms with Crippen molar-refractivity contribution in [2.24, 2.45) is 17.8 Å². The molecule has 0 saturated carbocycles. The summed E-state index contributed by atoms with van der Waals surface area (Å²) < 4.78 is 11.9. The molecular weight excluding hydrogens is 692 g/mol. The molecule has 0 spiro atoms. The molecule has 1 aromatic carbocycles. The second kappa shape index (κ2) is 20.2. The van der Waals surface area contributed by atoms with E-state index in [1.165, 1.54) is 12.0 Å². The quantitative estimate of drug-likeness (QED) is 0.177. The molecule has 3 rings (SSSR count). The van der Waals surface area contributed by atoms with E-state index in [-0.39, 0.29) is 54.5 Å². The topological polar surface area (TPSA) is 170 Å². The summed E-state index contributed by atoms with van der Waals surface area (Å²) in [4.78, 5) is 72.8. The third-order valence-electron chi connectivity index (χ3n) is 11.5. The van der Waals surface area contributed by atoms with Gasteiger partial charge in [-0.2, -0.15) is 0 Å². The number of methoxy groups -OCH3 is 2. The van der Waals surface area contributed by atoms with Crippen molar-refractivity contribution >= 4 is 29.7 Å². The summed E-state index contributed by atoms with van der Waals surface area (Å²) in [7, 11) is 4.77. The van der Waals surface area contributed by atoms with Gasteiger partial charge in [0.05, 0.1) is 49.3 Å². The molecule has 14 heteroatoms. The van der Waals surface area contributed by atoms with Gasteiger partial charge in [-0.05, 0) is 50.5 Å². The number of likely N-dealkylation sites (N-methyl/N-ethyl adjacent to an activating group) is 1. The average Bonchev–Trinajstić information content (AvgIpc) is 3.63. The average molecular weight is 759 g/mol. The molecule has 2 aliphatic heterocycles. The van der Waals surface area contributed by atoms with Crippen LogP contribution in [0.4, 0.5) is 4.79 Å². The van der Waals surface area contributed by atoms with Crippen LogP contribution in [0.15, 0.2) is 30.3 Å². The zero-order valence-corrected chi connectivity index (χ0v) is 34.1. The number of carbonyl (C=O) groups excluding carboxylic acids is 5. The molecule has 304 valence electrons. The zero-order valence-electron chi connectivity index (χ0n) is 34.1. The van der Waals surface area contributed by atoms with E-state index < -0.39 is 47.8 Å². The van der Waals surface area contributed by atoms with E-state index in [1.807, 2.05) is 58.0 Å². The van der Waals surface area contributed by atoms with Gasteiger partial charge < -0.3 is 45.2 Å². The first kappa shape index (κ1) is 44.6. The first-order valence-electron chi connectivity index (χ1n) is 19.5. The number of carbonyl (C=O) groups is 5. The van der Waals surface area contributed by atoms with Crippen molar-refractivity contribution in [2.45, 2.75) is 122 Å². The van der Waals surface area contributed by atoms with Crippen molar-refractivity contribution in [1.82, 2.24) is 30.7 Å². The number of ether oxygens (including phenoxy) is 2. The third-order valence-corrected chi connectivity index (χ3v) is 11.5. The van der Waals surface area contributed by atoms with E-state index in [0.29, 0.717) is 38.9 Å². The predicted octanol–water partition coefficient (Wildman–Crippen LogP) is 2.57. The Labute approximate surface area is 322 Å². The Kier molecular flexibility index (Phi) is 16.7. The highest BCUT2D eigenvalue weighted by Crippen LogP contribution is 2.30. The number of hydrogen-bond donors (Lipinski definition) is 4. The van der Waals surface area contributed by atoms with E-state index in [0.717, 1.165) is 12.0 Å². The lowest BCUT2D eigenvalue weighted by Gasteiger charge is -2.43. The van der Waals surface area contributed by atoms with Crippen LogP contribution in [0, 0.1) is 17.8 Å². The number of benzene rings is 1. The van der Waals surface area contributed by atoms with Crippen LogP contribution in [0.2, 0.25) is 0 Å². The Morgan fingerprint density at radius 1 is 1.04 bits per heavy atom. The van der Waals surface area contributed by atoms with Crippen LogP contribution >= 0.6 is 0 Å². The second-order valence-electron chi connectivity index (χ2n) is 15.8. The summed E-state index contributed by atoms with van der Waals surface area (Å²) in [5.41, 5.74) is -0.0850. The van der Waals surface area contributed by atoms with Crippen LogP contribution in [0.25, 0.3) is 0 Å². The fraction of sp³-hybridized carbons (Fsp3) is 0.725. The normalized spacial score (nSPS) is 21.0. The number of piperazine rings is 1. The van der Waals surface area contributed by atoms with Crippen molar-refractivity contribution < 1.29 is 38.6 Å². The predicted molar refractivity (Wildman–Crippen MR) is 206 cm³/mol. The maximum absolute atomic E-state index is 14.3. The number of nitrogens with zero attached hydrogens (tertiary/aromatic N) is 3. The molecule has 4 N–H and O–H groups in total. The van der Waals surface area contributed by atoms with E-state index in [1.54, 1.807) is 44.7 Å². The largest absolute Gasteiger partial charge is 0.394 e. The number of hydrogen-bond acceptors (Lipinski definition) is 8. The van der Waals surface area contributed by atoms with E-state index >= 15 is 0 Å². The van der Waals surface area contributed by atoms with Gasteiger partial charge in [-0.25, -0.2) is 4.79 Å². The van der Waals surface area contributed by atoms with Gasteiger partial charge >= 0.3 is 6.03 Å². The molecule has 0 bridgehead atoms. The molecule has 0 aromatic heterocycles. The van der Waals surface area contributed by atoms with Crippen LogP contribution in [-0.2, 0) is 35.1 Å². The standard InChI is InChI=1S/C40H66N6O8/c1-11-26(4)34(44(8)37(50)33(25(2)3)43-39(52)46-21-19-41-38(51)40(46,6)7)31(53-9)23-32(48)45-20-15-18-30(45)35(54-10)27(5)36(49)42-29(24-47)22-28-16-13-12-14-17-28/h12-14,16-17,25-27,29-31,33-35,47H,11,15,18-24H2,1-10H3,(H,41,51)(H,42,49)(H,43,52)/t26-,27+,29-,30-,31+,33-,34-,35+/m0/s1. The number of likely N-dealkylation sites (tertiary alicyclic amines) is 1. The zero-order chi connectivity index (χ0) is 40.3. The molecule has 14 nitrogen and oxygen atoms in total. The number of amides is 6. The monoisotopic (exact) mass is 758 g/mol. The third kappa shape index (κ3) is 10.7. The van der Waals surface area contributed by atoms with Crippen molar-refractivity contribution in [3.05, 3.63) is 35.9 Å². The van der Waals surface area contributed by atoms with Crippen LogP contribution < -0.4 is 16.0 Å². The molecule has 0 radical (unpaired) electrons. The van der Waals surface area contributed by atoms with Gasteiger partial charge in [0.2, 0.25) is 23.6 Å². The van der Waals surface area contributed by atoms with Crippen molar-refractivity contribution in [3.8, 4) is 0 Å². The van der Waals surface area contributed by atoms with Gasteiger partial charge in [-0.1, -0.05) is 71.4 Å². The van der Waals surface area contributed by atoms with Gasteiger partial charge in [-0.3, -0.25) is 19.2 Å². The maximum atomic E-state index is 14.3. The molecule has 6 amide bonds. The molecule has 54 heavy (non-hydrogen) atoms. The maximum Gasteiger partial charge on any atom is 0.319 e. The van der Waals surface area contributed by atoms with Gasteiger partial charge in [0.1, 0.15) is 11.6 Å². The fourth-order valence-electron chi connectivity index (χ4n) is 7.90. The molecule has 1 aromatic rings. The summed E-state index contributed by atoms with van der Waals surface area (Å²) >= 11 is 0. The molecule has 2 aliphatic rings. The highest BCUT2D eigenvalue weighted by molar-refractivity contribution is 5.93. The van der Waals surface area contributed by atoms with Crippen LogP contribution in [-0.4, -0.2) is 139 Å². The van der Waals surface area contributed by atoms with Crippen LogP contribution in [0.5, 0.6) is 0 Å².